The summed E-state index contributed by atoms with van der Waals surface area (Å²) in [5.41, 5.74) is 0. The summed E-state index contributed by atoms with van der Waals surface area (Å²) >= 11 is 2.38. The summed E-state index contributed by atoms with van der Waals surface area (Å²) in [7, 11) is 0. The number of hydrogen-bond donors (Lipinski definition) is 1. The SMILES string of the molecule is CCN(I)C1CCC(O)CC1. The maximum atomic E-state index is 9.26. The molecule has 1 fully saturated rings. The van der Waals surface area contributed by atoms with Crippen molar-refractivity contribution in [1.29, 1.82) is 0 Å². The lowest BCUT2D eigenvalue weighted by molar-refractivity contribution is 0.106. The molecule has 0 aromatic carbocycles. The van der Waals surface area contributed by atoms with Gasteiger partial charge in [-0.1, -0.05) is 6.92 Å². The summed E-state index contributed by atoms with van der Waals surface area (Å²) in [6.07, 6.45) is 4.29. The fraction of sp³-hybridized carbons (Fsp3) is 1.00. The number of nitrogens with zero attached hydrogens (tertiary/aromatic N) is 1. The van der Waals surface area contributed by atoms with Crippen molar-refractivity contribution in [3.63, 3.8) is 0 Å². The van der Waals surface area contributed by atoms with Gasteiger partial charge in [0.2, 0.25) is 0 Å². The fourth-order valence-electron chi connectivity index (χ4n) is 1.60. The van der Waals surface area contributed by atoms with Gasteiger partial charge in [-0.2, -0.15) is 0 Å². The second-order valence-electron chi connectivity index (χ2n) is 3.18. The summed E-state index contributed by atoms with van der Waals surface area (Å²) in [6.45, 7) is 3.29. The smallest absolute Gasteiger partial charge is 0.0541 e. The van der Waals surface area contributed by atoms with Gasteiger partial charge < -0.3 is 5.11 Å². The van der Waals surface area contributed by atoms with Crippen molar-refractivity contribution in [1.82, 2.24) is 3.11 Å². The molecule has 0 radical (unpaired) electrons. The van der Waals surface area contributed by atoms with Gasteiger partial charge >= 0.3 is 0 Å². The minimum Gasteiger partial charge on any atom is -0.393 e. The minimum atomic E-state index is -0.0205. The van der Waals surface area contributed by atoms with Crippen molar-refractivity contribution in [2.24, 2.45) is 0 Å². The maximum Gasteiger partial charge on any atom is 0.0541 e. The predicted molar refractivity (Wildman–Crippen MR) is 54.7 cm³/mol. The van der Waals surface area contributed by atoms with E-state index in [9.17, 15) is 5.11 Å². The standard InChI is InChI=1S/C8H16INO/c1-2-10(9)7-3-5-8(11)6-4-7/h7-8,11H,2-6H2,1H3. The molecule has 0 aromatic heterocycles. The molecule has 0 aliphatic heterocycles. The average Bonchev–Trinajstić information content (AvgIpc) is 2.05. The highest BCUT2D eigenvalue weighted by atomic mass is 127. The van der Waals surface area contributed by atoms with Crippen molar-refractivity contribution in [3.05, 3.63) is 0 Å². The van der Waals surface area contributed by atoms with Crippen molar-refractivity contribution in [3.8, 4) is 0 Å². The van der Waals surface area contributed by atoms with E-state index in [4.69, 9.17) is 0 Å². The van der Waals surface area contributed by atoms with Gasteiger partial charge in [-0.3, -0.25) is 0 Å². The maximum absolute atomic E-state index is 9.26. The van der Waals surface area contributed by atoms with E-state index >= 15 is 0 Å². The zero-order valence-electron chi connectivity index (χ0n) is 6.96. The summed E-state index contributed by atoms with van der Waals surface area (Å²) in [4.78, 5) is 0. The normalized spacial score (nSPS) is 32.7. The average molecular weight is 269 g/mol. The molecule has 11 heavy (non-hydrogen) atoms. The van der Waals surface area contributed by atoms with Crippen LogP contribution in [0.1, 0.15) is 32.6 Å². The highest BCUT2D eigenvalue weighted by Crippen LogP contribution is 2.24. The zero-order valence-corrected chi connectivity index (χ0v) is 9.12. The Labute approximate surface area is 82.5 Å². The summed E-state index contributed by atoms with van der Waals surface area (Å²) in [6, 6.07) is 0.712. The number of hydrogen-bond acceptors (Lipinski definition) is 2. The van der Waals surface area contributed by atoms with Crippen LogP contribution in [0.3, 0.4) is 0 Å². The quantitative estimate of drug-likeness (QED) is 0.612. The molecule has 3 heteroatoms. The Balaban J connectivity index is 2.27. The molecule has 1 aliphatic carbocycles. The lowest BCUT2D eigenvalue weighted by atomic mass is 9.93. The molecule has 0 amide bonds. The monoisotopic (exact) mass is 269 g/mol. The van der Waals surface area contributed by atoms with E-state index in [1.54, 1.807) is 0 Å². The third-order valence-corrected chi connectivity index (χ3v) is 3.83. The predicted octanol–water partition coefficient (Wildman–Crippen LogP) is 1.96. The summed E-state index contributed by atoms with van der Waals surface area (Å²) < 4.78 is 2.35. The first-order chi connectivity index (χ1) is 5.24. The Bertz CT molecular complexity index is 113. The molecule has 0 atom stereocenters. The van der Waals surface area contributed by atoms with Crippen LogP contribution < -0.4 is 0 Å². The van der Waals surface area contributed by atoms with Crippen LogP contribution in [0.25, 0.3) is 0 Å². The van der Waals surface area contributed by atoms with Crippen LogP contribution in [0.15, 0.2) is 0 Å². The Morgan fingerprint density at radius 2 is 1.91 bits per heavy atom. The third kappa shape index (κ3) is 2.87. The lowest BCUT2D eigenvalue weighted by Gasteiger charge is -2.30. The summed E-state index contributed by atoms with van der Waals surface area (Å²) in [5, 5.41) is 9.26. The molecular weight excluding hydrogens is 253 g/mol. The molecule has 1 saturated carbocycles. The highest BCUT2D eigenvalue weighted by Gasteiger charge is 2.22. The second kappa shape index (κ2) is 4.62. The molecule has 0 unspecified atom stereocenters. The molecular formula is C8H16INO. The van der Waals surface area contributed by atoms with Gasteiger partial charge in [-0.15, -0.1) is 0 Å². The van der Waals surface area contributed by atoms with E-state index in [2.05, 4.69) is 32.9 Å². The second-order valence-corrected chi connectivity index (χ2v) is 4.42. The molecule has 0 aromatic rings. The first-order valence-electron chi connectivity index (χ1n) is 4.34. The Morgan fingerprint density at radius 3 is 2.36 bits per heavy atom. The highest BCUT2D eigenvalue weighted by molar-refractivity contribution is 14.1. The number of aliphatic hydroxyl groups is 1. The van der Waals surface area contributed by atoms with Gasteiger partial charge in [0.25, 0.3) is 0 Å². The molecule has 1 rings (SSSR count). The van der Waals surface area contributed by atoms with Crippen molar-refractivity contribution in [2.45, 2.75) is 44.8 Å². The molecule has 0 spiro atoms. The van der Waals surface area contributed by atoms with Gasteiger partial charge in [-0.25, -0.2) is 3.11 Å². The van der Waals surface area contributed by atoms with Crippen LogP contribution in [-0.4, -0.2) is 26.9 Å². The van der Waals surface area contributed by atoms with E-state index < -0.39 is 0 Å². The van der Waals surface area contributed by atoms with Crippen LogP contribution in [0.2, 0.25) is 0 Å². The van der Waals surface area contributed by atoms with Crippen LogP contribution >= 0.6 is 22.9 Å². The van der Waals surface area contributed by atoms with Crippen LogP contribution in [-0.2, 0) is 0 Å². The molecule has 0 saturated heterocycles. The van der Waals surface area contributed by atoms with Gasteiger partial charge in [0, 0.05) is 35.5 Å². The molecule has 1 aliphatic rings. The number of rotatable bonds is 2. The molecule has 0 heterocycles. The van der Waals surface area contributed by atoms with Crippen LogP contribution in [0, 0.1) is 0 Å². The first kappa shape index (κ1) is 9.74. The van der Waals surface area contributed by atoms with E-state index in [1.807, 2.05) is 0 Å². The van der Waals surface area contributed by atoms with E-state index in [0.29, 0.717) is 6.04 Å². The number of halogens is 1. The minimum absolute atomic E-state index is 0.0205. The molecule has 66 valence electrons. The third-order valence-electron chi connectivity index (χ3n) is 2.36. The summed E-state index contributed by atoms with van der Waals surface area (Å²) in [5.74, 6) is 0. The van der Waals surface area contributed by atoms with Gasteiger partial charge in [-0.05, 0) is 25.7 Å². The fourth-order valence-corrected chi connectivity index (χ4v) is 2.15. The molecule has 0 bridgehead atoms. The Hall–Kier alpha value is 0.650. The first-order valence-corrected chi connectivity index (χ1v) is 5.31. The van der Waals surface area contributed by atoms with E-state index in [1.165, 1.54) is 0 Å². The largest absolute Gasteiger partial charge is 0.393 e. The van der Waals surface area contributed by atoms with Crippen molar-refractivity contribution < 1.29 is 5.11 Å². The van der Waals surface area contributed by atoms with Gasteiger partial charge in [0.1, 0.15) is 0 Å². The van der Waals surface area contributed by atoms with Crippen molar-refractivity contribution in [2.75, 3.05) is 6.54 Å². The van der Waals surface area contributed by atoms with E-state index in [0.717, 1.165) is 32.2 Å². The Kier molecular flexibility index (Phi) is 4.09. The molecule has 1 N–H and O–H groups in total. The topological polar surface area (TPSA) is 23.5 Å². The van der Waals surface area contributed by atoms with Crippen LogP contribution in [0.4, 0.5) is 0 Å². The Morgan fingerprint density at radius 1 is 1.36 bits per heavy atom. The molecule has 2 nitrogen and oxygen atoms in total. The zero-order chi connectivity index (χ0) is 8.27. The van der Waals surface area contributed by atoms with Gasteiger partial charge in [0.05, 0.1) is 6.10 Å². The van der Waals surface area contributed by atoms with Gasteiger partial charge in [0.15, 0.2) is 0 Å². The van der Waals surface area contributed by atoms with Crippen molar-refractivity contribution >= 4 is 22.9 Å². The van der Waals surface area contributed by atoms with Crippen LogP contribution in [0.5, 0.6) is 0 Å². The van der Waals surface area contributed by atoms with E-state index in [-0.39, 0.29) is 6.10 Å². The lowest BCUT2D eigenvalue weighted by Crippen LogP contribution is -2.32. The number of aliphatic hydroxyl groups excluding tert-OH is 1.